The number of nitrogens with two attached hydrogens (primary N) is 1. The average molecular weight is 232 g/mol. The Labute approximate surface area is 99.1 Å². The molecule has 0 saturated heterocycles. The number of ether oxygens (including phenoxy) is 1. The third-order valence-corrected chi connectivity index (χ3v) is 2.33. The number of hydrogen-bond acceptors (Lipinski definition) is 3. The third kappa shape index (κ3) is 3.01. The number of hydrogen-bond donors (Lipinski definition) is 1. The number of benzene rings is 1. The lowest BCUT2D eigenvalue weighted by Crippen LogP contribution is -2.02. The quantitative estimate of drug-likeness (QED) is 0.879. The molecule has 1 aromatic heterocycles. The normalized spacial score (nSPS) is 10.2. The molecule has 0 unspecified atom stereocenters. The van der Waals surface area contributed by atoms with E-state index in [1.807, 2.05) is 12.1 Å². The summed E-state index contributed by atoms with van der Waals surface area (Å²) in [6, 6.07) is 9.98. The molecule has 1 aromatic carbocycles. The van der Waals surface area contributed by atoms with E-state index in [0.717, 1.165) is 11.3 Å². The highest BCUT2D eigenvalue weighted by Gasteiger charge is 2.02. The van der Waals surface area contributed by atoms with E-state index in [0.29, 0.717) is 6.54 Å². The van der Waals surface area contributed by atoms with Crippen molar-refractivity contribution in [2.45, 2.75) is 13.2 Å². The molecule has 17 heavy (non-hydrogen) atoms. The molecule has 2 rings (SSSR count). The predicted octanol–water partition coefficient (Wildman–Crippen LogP) is 2.26. The summed E-state index contributed by atoms with van der Waals surface area (Å²) in [5.74, 6) is -0.144. The maximum Gasteiger partial charge on any atom is 0.165 e. The topological polar surface area (TPSA) is 48.1 Å². The summed E-state index contributed by atoms with van der Waals surface area (Å²) >= 11 is 0. The van der Waals surface area contributed by atoms with Crippen LogP contribution in [-0.2, 0) is 13.2 Å². The lowest BCUT2D eigenvalue weighted by molar-refractivity contribution is 0.286. The second-order valence-corrected chi connectivity index (χ2v) is 3.58. The van der Waals surface area contributed by atoms with Crippen LogP contribution < -0.4 is 10.5 Å². The van der Waals surface area contributed by atoms with Crippen molar-refractivity contribution in [3.63, 3.8) is 0 Å². The molecule has 88 valence electrons. The van der Waals surface area contributed by atoms with Crippen molar-refractivity contribution in [3.05, 3.63) is 59.7 Å². The smallest absolute Gasteiger partial charge is 0.165 e. The fourth-order valence-electron chi connectivity index (χ4n) is 1.45. The van der Waals surface area contributed by atoms with E-state index in [1.54, 1.807) is 24.4 Å². The van der Waals surface area contributed by atoms with E-state index >= 15 is 0 Å². The van der Waals surface area contributed by atoms with Crippen LogP contribution >= 0.6 is 0 Å². The van der Waals surface area contributed by atoms with Gasteiger partial charge in [-0.2, -0.15) is 0 Å². The van der Waals surface area contributed by atoms with E-state index in [1.165, 1.54) is 6.07 Å². The SMILES string of the molecule is NCc1ccnc(COc2ccccc2F)c1. The van der Waals surface area contributed by atoms with Gasteiger partial charge in [0.1, 0.15) is 6.61 Å². The molecule has 0 aliphatic rings. The fraction of sp³-hybridized carbons (Fsp3) is 0.154. The zero-order valence-electron chi connectivity index (χ0n) is 9.27. The number of nitrogens with zero attached hydrogens (tertiary/aromatic N) is 1. The highest BCUT2D eigenvalue weighted by molar-refractivity contribution is 5.24. The summed E-state index contributed by atoms with van der Waals surface area (Å²) in [5, 5.41) is 0. The average Bonchev–Trinajstić information content (AvgIpc) is 2.38. The van der Waals surface area contributed by atoms with E-state index < -0.39 is 0 Å². The number of para-hydroxylation sites is 1. The molecule has 0 amide bonds. The Bertz CT molecular complexity index is 502. The van der Waals surface area contributed by atoms with Gasteiger partial charge in [-0.15, -0.1) is 0 Å². The van der Waals surface area contributed by atoms with Crippen molar-refractivity contribution in [2.24, 2.45) is 5.73 Å². The number of pyridine rings is 1. The van der Waals surface area contributed by atoms with Crippen LogP contribution in [0.4, 0.5) is 4.39 Å². The molecule has 3 nitrogen and oxygen atoms in total. The molecular weight excluding hydrogens is 219 g/mol. The third-order valence-electron chi connectivity index (χ3n) is 2.33. The van der Waals surface area contributed by atoms with Crippen molar-refractivity contribution >= 4 is 0 Å². The Morgan fingerprint density at radius 3 is 2.82 bits per heavy atom. The first-order valence-corrected chi connectivity index (χ1v) is 5.31. The maximum atomic E-state index is 13.3. The Morgan fingerprint density at radius 2 is 2.06 bits per heavy atom. The first kappa shape index (κ1) is 11.5. The van der Waals surface area contributed by atoms with E-state index in [2.05, 4.69) is 4.98 Å². The lowest BCUT2D eigenvalue weighted by atomic mass is 10.2. The predicted molar refractivity (Wildman–Crippen MR) is 62.9 cm³/mol. The molecule has 0 aliphatic heterocycles. The molecule has 0 radical (unpaired) electrons. The minimum atomic E-state index is -0.373. The minimum Gasteiger partial charge on any atom is -0.484 e. The van der Waals surface area contributed by atoms with Gasteiger partial charge in [0.15, 0.2) is 11.6 Å². The molecular formula is C13H13FN2O. The molecule has 0 spiro atoms. The van der Waals surface area contributed by atoms with Crippen LogP contribution in [0.25, 0.3) is 0 Å². The standard InChI is InChI=1S/C13H13FN2O/c14-12-3-1-2-4-13(12)17-9-11-7-10(8-15)5-6-16-11/h1-7H,8-9,15H2. The number of rotatable bonds is 4. The van der Waals surface area contributed by atoms with Crippen LogP contribution in [0.1, 0.15) is 11.3 Å². The summed E-state index contributed by atoms with van der Waals surface area (Å²) in [7, 11) is 0. The zero-order chi connectivity index (χ0) is 12.1. The molecule has 0 atom stereocenters. The van der Waals surface area contributed by atoms with Crippen LogP contribution in [0.5, 0.6) is 5.75 Å². The maximum absolute atomic E-state index is 13.3. The van der Waals surface area contributed by atoms with E-state index in [-0.39, 0.29) is 18.2 Å². The van der Waals surface area contributed by atoms with Crippen molar-refractivity contribution < 1.29 is 9.13 Å². The first-order valence-electron chi connectivity index (χ1n) is 5.31. The Balaban J connectivity index is 2.05. The van der Waals surface area contributed by atoms with Crippen LogP contribution in [-0.4, -0.2) is 4.98 Å². The van der Waals surface area contributed by atoms with Gasteiger partial charge in [0.25, 0.3) is 0 Å². The molecule has 2 aromatic rings. The Morgan fingerprint density at radius 1 is 1.24 bits per heavy atom. The molecule has 0 saturated carbocycles. The summed E-state index contributed by atoms with van der Waals surface area (Å²) in [5.41, 5.74) is 7.23. The van der Waals surface area contributed by atoms with Gasteiger partial charge in [0.05, 0.1) is 5.69 Å². The second-order valence-electron chi connectivity index (χ2n) is 3.58. The van der Waals surface area contributed by atoms with Gasteiger partial charge in [0.2, 0.25) is 0 Å². The summed E-state index contributed by atoms with van der Waals surface area (Å²) in [4.78, 5) is 4.13. The number of halogens is 1. The molecule has 4 heteroatoms. The summed E-state index contributed by atoms with van der Waals surface area (Å²) in [6.07, 6.45) is 1.67. The van der Waals surface area contributed by atoms with Crippen LogP contribution in [0.2, 0.25) is 0 Å². The van der Waals surface area contributed by atoms with E-state index in [4.69, 9.17) is 10.5 Å². The monoisotopic (exact) mass is 232 g/mol. The Hall–Kier alpha value is -1.94. The van der Waals surface area contributed by atoms with Gasteiger partial charge in [0, 0.05) is 12.7 Å². The van der Waals surface area contributed by atoms with Crippen LogP contribution in [0, 0.1) is 5.82 Å². The lowest BCUT2D eigenvalue weighted by Gasteiger charge is -2.07. The van der Waals surface area contributed by atoms with Crippen molar-refractivity contribution in [1.29, 1.82) is 0 Å². The highest BCUT2D eigenvalue weighted by atomic mass is 19.1. The first-order chi connectivity index (χ1) is 8.29. The van der Waals surface area contributed by atoms with Crippen LogP contribution in [0.3, 0.4) is 0 Å². The molecule has 0 fully saturated rings. The highest BCUT2D eigenvalue weighted by Crippen LogP contribution is 2.16. The van der Waals surface area contributed by atoms with Gasteiger partial charge in [-0.3, -0.25) is 4.98 Å². The molecule has 0 aliphatic carbocycles. The van der Waals surface area contributed by atoms with Crippen LogP contribution in [0.15, 0.2) is 42.6 Å². The van der Waals surface area contributed by atoms with Crippen molar-refractivity contribution in [1.82, 2.24) is 4.98 Å². The van der Waals surface area contributed by atoms with Gasteiger partial charge >= 0.3 is 0 Å². The van der Waals surface area contributed by atoms with E-state index in [9.17, 15) is 4.39 Å². The van der Waals surface area contributed by atoms with Crippen molar-refractivity contribution in [2.75, 3.05) is 0 Å². The van der Waals surface area contributed by atoms with Gasteiger partial charge in [-0.25, -0.2) is 4.39 Å². The largest absolute Gasteiger partial charge is 0.484 e. The summed E-state index contributed by atoms with van der Waals surface area (Å²) in [6.45, 7) is 0.685. The second kappa shape index (κ2) is 5.41. The molecule has 2 N–H and O–H groups in total. The minimum absolute atomic E-state index is 0.229. The zero-order valence-corrected chi connectivity index (χ0v) is 9.27. The summed E-state index contributed by atoms with van der Waals surface area (Å²) < 4.78 is 18.6. The molecule has 1 heterocycles. The molecule has 0 bridgehead atoms. The number of aromatic nitrogens is 1. The van der Waals surface area contributed by atoms with Gasteiger partial charge < -0.3 is 10.5 Å². The van der Waals surface area contributed by atoms with Gasteiger partial charge in [-0.1, -0.05) is 12.1 Å². The fourth-order valence-corrected chi connectivity index (χ4v) is 1.45. The van der Waals surface area contributed by atoms with Crippen molar-refractivity contribution in [3.8, 4) is 5.75 Å². The Kier molecular flexibility index (Phi) is 3.67. The van der Waals surface area contributed by atoms with Gasteiger partial charge in [-0.05, 0) is 29.8 Å².